The first-order chi connectivity index (χ1) is 7.72. The number of rotatable bonds is 6. The molecule has 4 heteroatoms. The number of methoxy groups -OCH3 is 1. The Hall–Kier alpha value is -1.26. The molecule has 0 bridgehead atoms. The lowest BCUT2D eigenvalue weighted by atomic mass is 10.1. The molecule has 1 rings (SSSR count). The van der Waals surface area contributed by atoms with Crippen LogP contribution in [-0.2, 0) is 6.54 Å². The molecular weight excluding hydrogens is 206 g/mol. The van der Waals surface area contributed by atoms with Crippen molar-refractivity contribution in [3.63, 3.8) is 0 Å². The highest BCUT2D eigenvalue weighted by atomic mass is 16.5. The molecule has 0 amide bonds. The van der Waals surface area contributed by atoms with E-state index in [9.17, 15) is 0 Å². The molecule has 1 aromatic rings. The second-order valence-corrected chi connectivity index (χ2v) is 3.75. The van der Waals surface area contributed by atoms with Gasteiger partial charge >= 0.3 is 0 Å². The van der Waals surface area contributed by atoms with Gasteiger partial charge in [-0.15, -0.1) is 0 Å². The predicted octanol–water partition coefficient (Wildman–Crippen LogP) is 1.16. The van der Waals surface area contributed by atoms with Gasteiger partial charge in [0.25, 0.3) is 0 Å². The summed E-state index contributed by atoms with van der Waals surface area (Å²) >= 11 is 0. The summed E-state index contributed by atoms with van der Waals surface area (Å²) in [4.78, 5) is 0. The van der Waals surface area contributed by atoms with Gasteiger partial charge in [-0.3, -0.25) is 0 Å². The van der Waals surface area contributed by atoms with Crippen molar-refractivity contribution in [2.45, 2.75) is 13.5 Å². The van der Waals surface area contributed by atoms with E-state index >= 15 is 0 Å². The van der Waals surface area contributed by atoms with Crippen molar-refractivity contribution in [1.29, 1.82) is 0 Å². The average molecular weight is 225 g/mol. The number of aliphatic hydroxyl groups is 1. The number of para-hydroxylation sites is 1. The van der Waals surface area contributed by atoms with Crippen molar-refractivity contribution in [2.24, 2.45) is 11.7 Å². The summed E-state index contributed by atoms with van der Waals surface area (Å²) in [5.74, 6) is 1.44. The third kappa shape index (κ3) is 3.12. The molecule has 4 nitrogen and oxygen atoms in total. The van der Waals surface area contributed by atoms with Crippen LogP contribution in [-0.4, -0.2) is 25.4 Å². The number of hydrogen-bond acceptors (Lipinski definition) is 4. The normalized spacial score (nSPS) is 12.2. The SMILES string of the molecule is COc1cccc(CN)c1OCC(C)CO. The van der Waals surface area contributed by atoms with E-state index in [0.717, 1.165) is 5.56 Å². The first-order valence-corrected chi connectivity index (χ1v) is 5.32. The smallest absolute Gasteiger partial charge is 0.165 e. The maximum absolute atomic E-state index is 8.93. The van der Waals surface area contributed by atoms with Gasteiger partial charge in [0.1, 0.15) is 0 Å². The van der Waals surface area contributed by atoms with Gasteiger partial charge in [-0.05, 0) is 6.07 Å². The summed E-state index contributed by atoms with van der Waals surface area (Å²) in [6.07, 6.45) is 0. The van der Waals surface area contributed by atoms with Crippen molar-refractivity contribution < 1.29 is 14.6 Å². The van der Waals surface area contributed by atoms with Gasteiger partial charge in [0, 0.05) is 24.6 Å². The zero-order valence-electron chi connectivity index (χ0n) is 9.77. The van der Waals surface area contributed by atoms with Crippen LogP contribution in [0, 0.1) is 5.92 Å². The molecule has 3 N–H and O–H groups in total. The van der Waals surface area contributed by atoms with Crippen LogP contribution in [0.25, 0.3) is 0 Å². The molecule has 0 aliphatic carbocycles. The lowest BCUT2D eigenvalue weighted by Gasteiger charge is -2.16. The van der Waals surface area contributed by atoms with Gasteiger partial charge in [-0.1, -0.05) is 19.1 Å². The monoisotopic (exact) mass is 225 g/mol. The van der Waals surface area contributed by atoms with E-state index in [1.165, 1.54) is 0 Å². The zero-order valence-corrected chi connectivity index (χ0v) is 9.77. The highest BCUT2D eigenvalue weighted by Crippen LogP contribution is 2.31. The van der Waals surface area contributed by atoms with Gasteiger partial charge in [0.2, 0.25) is 0 Å². The number of hydrogen-bond donors (Lipinski definition) is 2. The van der Waals surface area contributed by atoms with Crippen molar-refractivity contribution >= 4 is 0 Å². The van der Waals surface area contributed by atoms with E-state index in [2.05, 4.69) is 0 Å². The highest BCUT2D eigenvalue weighted by Gasteiger charge is 2.10. The average Bonchev–Trinajstić information content (AvgIpc) is 2.35. The third-order valence-corrected chi connectivity index (χ3v) is 2.32. The van der Waals surface area contributed by atoms with Crippen LogP contribution in [0.4, 0.5) is 0 Å². The number of aliphatic hydroxyl groups excluding tert-OH is 1. The molecule has 0 saturated carbocycles. The Morgan fingerprint density at radius 3 is 2.75 bits per heavy atom. The van der Waals surface area contributed by atoms with Gasteiger partial charge in [0.05, 0.1) is 13.7 Å². The van der Waals surface area contributed by atoms with Crippen LogP contribution in [0.2, 0.25) is 0 Å². The second-order valence-electron chi connectivity index (χ2n) is 3.75. The molecule has 0 aliphatic heterocycles. The zero-order chi connectivity index (χ0) is 12.0. The summed E-state index contributed by atoms with van der Waals surface area (Å²) < 4.78 is 10.8. The van der Waals surface area contributed by atoms with Crippen molar-refractivity contribution in [1.82, 2.24) is 0 Å². The fourth-order valence-corrected chi connectivity index (χ4v) is 1.32. The Labute approximate surface area is 96.0 Å². The number of nitrogens with two attached hydrogens (primary N) is 1. The van der Waals surface area contributed by atoms with Crippen LogP contribution >= 0.6 is 0 Å². The largest absolute Gasteiger partial charge is 0.493 e. The predicted molar refractivity (Wildman–Crippen MR) is 62.6 cm³/mol. The van der Waals surface area contributed by atoms with Crippen LogP contribution < -0.4 is 15.2 Å². The summed E-state index contributed by atoms with van der Waals surface area (Å²) in [6.45, 7) is 2.87. The van der Waals surface area contributed by atoms with E-state index in [1.807, 2.05) is 25.1 Å². The summed E-state index contributed by atoms with van der Waals surface area (Å²) in [7, 11) is 1.60. The van der Waals surface area contributed by atoms with Gasteiger partial charge in [-0.2, -0.15) is 0 Å². The van der Waals surface area contributed by atoms with E-state index in [4.69, 9.17) is 20.3 Å². The van der Waals surface area contributed by atoms with Gasteiger partial charge in [-0.25, -0.2) is 0 Å². The van der Waals surface area contributed by atoms with Crippen molar-refractivity contribution in [3.8, 4) is 11.5 Å². The maximum atomic E-state index is 8.93. The van der Waals surface area contributed by atoms with Crippen LogP contribution in [0.3, 0.4) is 0 Å². The fourth-order valence-electron chi connectivity index (χ4n) is 1.32. The Morgan fingerprint density at radius 2 is 2.19 bits per heavy atom. The minimum Gasteiger partial charge on any atom is -0.493 e. The van der Waals surface area contributed by atoms with Crippen LogP contribution in [0.1, 0.15) is 12.5 Å². The summed E-state index contributed by atoms with van der Waals surface area (Å²) in [5, 5.41) is 8.93. The van der Waals surface area contributed by atoms with E-state index in [-0.39, 0.29) is 12.5 Å². The standard InChI is InChI=1S/C12H19NO3/c1-9(7-14)8-16-12-10(6-13)4-3-5-11(12)15-2/h3-5,9,14H,6-8,13H2,1-2H3. The van der Waals surface area contributed by atoms with Gasteiger partial charge < -0.3 is 20.3 Å². The Balaban J connectivity index is 2.82. The maximum Gasteiger partial charge on any atom is 0.165 e. The lowest BCUT2D eigenvalue weighted by molar-refractivity contribution is 0.170. The second kappa shape index (κ2) is 6.35. The van der Waals surface area contributed by atoms with Crippen LogP contribution in [0.15, 0.2) is 18.2 Å². The van der Waals surface area contributed by atoms with Crippen molar-refractivity contribution in [2.75, 3.05) is 20.3 Å². The topological polar surface area (TPSA) is 64.7 Å². The molecule has 1 unspecified atom stereocenters. The Morgan fingerprint density at radius 1 is 1.44 bits per heavy atom. The molecule has 16 heavy (non-hydrogen) atoms. The third-order valence-electron chi connectivity index (χ3n) is 2.32. The molecule has 1 aromatic carbocycles. The van der Waals surface area contributed by atoms with E-state index in [0.29, 0.717) is 24.7 Å². The molecule has 0 aromatic heterocycles. The van der Waals surface area contributed by atoms with E-state index < -0.39 is 0 Å². The first-order valence-electron chi connectivity index (χ1n) is 5.32. The Bertz CT molecular complexity index is 306. The van der Waals surface area contributed by atoms with Crippen molar-refractivity contribution in [3.05, 3.63) is 23.8 Å². The number of benzene rings is 1. The molecule has 1 atom stereocenters. The fraction of sp³-hybridized carbons (Fsp3) is 0.500. The van der Waals surface area contributed by atoms with Crippen LogP contribution in [0.5, 0.6) is 11.5 Å². The summed E-state index contributed by atoms with van der Waals surface area (Å²) in [5.41, 5.74) is 6.54. The minimum absolute atomic E-state index is 0.0931. The molecule has 0 radical (unpaired) electrons. The number of ether oxygens (including phenoxy) is 2. The molecular formula is C12H19NO3. The molecule has 0 fully saturated rings. The Kier molecular flexibility index (Phi) is 5.08. The van der Waals surface area contributed by atoms with E-state index in [1.54, 1.807) is 7.11 Å². The first kappa shape index (κ1) is 12.8. The van der Waals surface area contributed by atoms with Gasteiger partial charge in [0.15, 0.2) is 11.5 Å². The molecule has 0 heterocycles. The summed E-state index contributed by atoms with van der Waals surface area (Å²) in [6, 6.07) is 5.61. The highest BCUT2D eigenvalue weighted by molar-refractivity contribution is 5.46. The minimum atomic E-state index is 0.0931. The molecule has 0 aliphatic rings. The molecule has 0 spiro atoms. The lowest BCUT2D eigenvalue weighted by Crippen LogP contribution is -2.14. The molecule has 90 valence electrons. The quantitative estimate of drug-likeness (QED) is 0.762. The molecule has 0 saturated heterocycles.